The van der Waals surface area contributed by atoms with E-state index in [-0.39, 0.29) is 16.7 Å². The smallest absolute Gasteiger partial charge is 0.261 e. The molecule has 2 aromatic rings. The Morgan fingerprint density at radius 2 is 2.04 bits per heavy atom. The number of thioether (sulfide) groups is 1. The first-order valence-corrected chi connectivity index (χ1v) is 10.5. The molecule has 0 saturated carbocycles. The van der Waals surface area contributed by atoms with Crippen LogP contribution in [0.3, 0.4) is 0 Å². The van der Waals surface area contributed by atoms with Crippen molar-refractivity contribution < 1.29 is 13.2 Å². The van der Waals surface area contributed by atoms with Gasteiger partial charge in [0, 0.05) is 21.6 Å². The van der Waals surface area contributed by atoms with Crippen molar-refractivity contribution in [3.05, 3.63) is 47.0 Å². The molecule has 0 spiro atoms. The lowest BCUT2D eigenvalue weighted by atomic mass is 10.2. The molecule has 0 bridgehead atoms. The van der Waals surface area contributed by atoms with Gasteiger partial charge in [-0.05, 0) is 42.8 Å². The van der Waals surface area contributed by atoms with Crippen molar-refractivity contribution in [2.45, 2.75) is 23.6 Å². The molecule has 1 atom stereocenters. The van der Waals surface area contributed by atoms with Crippen LogP contribution >= 0.6 is 23.4 Å². The van der Waals surface area contributed by atoms with E-state index in [9.17, 15) is 13.2 Å². The maximum absolute atomic E-state index is 12.7. The minimum Gasteiger partial charge on any atom is -0.325 e. The summed E-state index contributed by atoms with van der Waals surface area (Å²) < 4.78 is 28.0. The number of benzene rings is 2. The highest BCUT2D eigenvalue weighted by atomic mass is 35.5. The molecular weight excluding hydrogens is 380 g/mol. The van der Waals surface area contributed by atoms with Crippen molar-refractivity contribution in [1.82, 2.24) is 0 Å². The summed E-state index contributed by atoms with van der Waals surface area (Å²) in [6, 6.07) is 9.78. The van der Waals surface area contributed by atoms with Crippen molar-refractivity contribution in [1.29, 1.82) is 0 Å². The van der Waals surface area contributed by atoms with Gasteiger partial charge in [-0.25, -0.2) is 8.42 Å². The average molecular weight is 397 g/mol. The number of anilines is 2. The molecule has 0 fully saturated rings. The minimum atomic E-state index is -3.80. The van der Waals surface area contributed by atoms with E-state index in [4.69, 9.17) is 11.6 Å². The van der Waals surface area contributed by atoms with Gasteiger partial charge in [-0.15, -0.1) is 11.8 Å². The number of hydrogen-bond donors (Lipinski definition) is 2. The van der Waals surface area contributed by atoms with Crippen LogP contribution in [0.5, 0.6) is 0 Å². The number of rotatable bonds is 3. The Morgan fingerprint density at radius 3 is 2.80 bits per heavy atom. The van der Waals surface area contributed by atoms with E-state index in [1.54, 1.807) is 31.2 Å². The monoisotopic (exact) mass is 396 g/mol. The molecule has 2 aromatic carbocycles. The maximum atomic E-state index is 12.7. The van der Waals surface area contributed by atoms with Gasteiger partial charge in [-0.2, -0.15) is 0 Å². The summed E-state index contributed by atoms with van der Waals surface area (Å²) in [6.45, 7) is 3.59. The Labute approximate surface area is 156 Å². The number of halogens is 1. The molecule has 0 aliphatic carbocycles. The van der Waals surface area contributed by atoms with Gasteiger partial charge in [0.2, 0.25) is 5.91 Å². The molecule has 0 unspecified atom stereocenters. The fourth-order valence-electron chi connectivity index (χ4n) is 2.37. The number of carbonyl (C=O) groups is 1. The van der Waals surface area contributed by atoms with Gasteiger partial charge < -0.3 is 5.32 Å². The highest BCUT2D eigenvalue weighted by Crippen LogP contribution is 2.34. The Balaban J connectivity index is 1.95. The molecule has 2 N–H and O–H groups in total. The number of sulfonamides is 1. The lowest BCUT2D eigenvalue weighted by molar-refractivity contribution is -0.118. The maximum Gasteiger partial charge on any atom is 0.261 e. The Hall–Kier alpha value is -1.70. The van der Waals surface area contributed by atoms with E-state index in [0.29, 0.717) is 27.7 Å². The van der Waals surface area contributed by atoms with E-state index in [2.05, 4.69) is 10.0 Å². The van der Waals surface area contributed by atoms with Gasteiger partial charge in [0.1, 0.15) is 0 Å². The Morgan fingerprint density at radius 1 is 1.28 bits per heavy atom. The van der Waals surface area contributed by atoms with Crippen molar-refractivity contribution in [3.8, 4) is 0 Å². The summed E-state index contributed by atoms with van der Waals surface area (Å²) in [7, 11) is -3.80. The van der Waals surface area contributed by atoms with Crippen LogP contribution in [0.1, 0.15) is 12.5 Å². The van der Waals surface area contributed by atoms with Crippen molar-refractivity contribution >= 4 is 50.7 Å². The number of nitrogens with one attached hydrogen (secondary N) is 2. The fraction of sp³-hybridized carbons (Fsp3) is 0.235. The second-order valence-corrected chi connectivity index (χ2v) is 9.03. The van der Waals surface area contributed by atoms with E-state index in [0.717, 1.165) is 4.90 Å². The van der Waals surface area contributed by atoms with E-state index in [1.165, 1.54) is 23.9 Å². The largest absolute Gasteiger partial charge is 0.325 e. The first-order valence-electron chi connectivity index (χ1n) is 7.63. The normalized spacial score (nSPS) is 17.4. The minimum absolute atomic E-state index is 0.0843. The van der Waals surface area contributed by atoms with Crippen LogP contribution in [0.25, 0.3) is 0 Å². The zero-order valence-corrected chi connectivity index (χ0v) is 16.1. The second kappa shape index (κ2) is 6.90. The number of fused-ring (bicyclic) bond motifs is 1. The summed E-state index contributed by atoms with van der Waals surface area (Å²) >= 11 is 7.58. The molecule has 1 heterocycles. The number of carbonyl (C=O) groups excluding carboxylic acids is 1. The van der Waals surface area contributed by atoms with Crippen LogP contribution in [0, 0.1) is 12.8 Å². The van der Waals surface area contributed by atoms with Gasteiger partial charge in [0.15, 0.2) is 0 Å². The van der Waals surface area contributed by atoms with E-state index >= 15 is 0 Å². The third kappa shape index (κ3) is 3.78. The number of amides is 1. The lowest BCUT2D eigenvalue weighted by Gasteiger charge is -2.13. The molecule has 1 aliphatic heterocycles. The quantitative estimate of drug-likeness (QED) is 0.817. The summed E-state index contributed by atoms with van der Waals surface area (Å²) in [5, 5.41) is 3.28. The topological polar surface area (TPSA) is 75.3 Å². The van der Waals surface area contributed by atoms with Crippen LogP contribution in [-0.2, 0) is 14.8 Å². The molecule has 0 saturated heterocycles. The summed E-state index contributed by atoms with van der Waals surface area (Å²) in [5.41, 5.74) is 1.60. The highest BCUT2D eigenvalue weighted by molar-refractivity contribution is 7.99. The summed E-state index contributed by atoms with van der Waals surface area (Å²) in [4.78, 5) is 12.9. The highest BCUT2D eigenvalue weighted by Gasteiger charge is 2.23. The van der Waals surface area contributed by atoms with E-state index < -0.39 is 10.0 Å². The van der Waals surface area contributed by atoms with Crippen LogP contribution in [0.4, 0.5) is 11.4 Å². The summed E-state index contributed by atoms with van der Waals surface area (Å²) in [5.74, 6) is 0.411. The zero-order valence-electron chi connectivity index (χ0n) is 13.7. The van der Waals surface area contributed by atoms with E-state index in [1.807, 2.05) is 6.92 Å². The standard InChI is InChI=1S/C17H17ClN2O3S2/c1-10-9-24-16-7-6-12(8-15(16)19-17(10)21)25(22,23)20-14-5-3-4-13(18)11(14)2/h3-8,10,20H,9H2,1-2H3,(H,19,21)/t10-/m0/s1. The molecule has 5 nitrogen and oxygen atoms in total. The predicted octanol–water partition coefficient (Wildman–Crippen LogP) is 4.13. The first kappa shape index (κ1) is 18.1. The molecule has 25 heavy (non-hydrogen) atoms. The third-order valence-electron chi connectivity index (χ3n) is 3.97. The van der Waals surface area contributed by atoms with Crippen LogP contribution in [0.15, 0.2) is 46.2 Å². The molecular formula is C17H17ClN2O3S2. The third-order valence-corrected chi connectivity index (χ3v) is 7.07. The summed E-state index contributed by atoms with van der Waals surface area (Å²) in [6.07, 6.45) is 0. The first-order chi connectivity index (χ1) is 11.8. The van der Waals surface area contributed by atoms with Gasteiger partial charge in [0.05, 0.1) is 16.3 Å². The van der Waals surface area contributed by atoms with Crippen molar-refractivity contribution in [2.75, 3.05) is 15.8 Å². The van der Waals surface area contributed by atoms with Crippen LogP contribution in [0.2, 0.25) is 5.02 Å². The van der Waals surface area contributed by atoms with Gasteiger partial charge in [-0.3, -0.25) is 9.52 Å². The predicted molar refractivity (Wildman–Crippen MR) is 102 cm³/mol. The molecule has 0 aromatic heterocycles. The SMILES string of the molecule is Cc1c(Cl)cccc1NS(=O)(=O)c1ccc2c(c1)NC(=O)[C@@H](C)CS2. The van der Waals surface area contributed by atoms with Crippen LogP contribution < -0.4 is 10.0 Å². The molecule has 132 valence electrons. The Kier molecular flexibility index (Phi) is 4.99. The van der Waals surface area contributed by atoms with Crippen molar-refractivity contribution in [3.63, 3.8) is 0 Å². The van der Waals surface area contributed by atoms with Gasteiger partial charge >= 0.3 is 0 Å². The molecule has 8 heteroatoms. The lowest BCUT2D eigenvalue weighted by Crippen LogP contribution is -2.20. The number of hydrogen-bond acceptors (Lipinski definition) is 4. The molecule has 1 aliphatic rings. The van der Waals surface area contributed by atoms with Gasteiger partial charge in [-0.1, -0.05) is 24.6 Å². The zero-order chi connectivity index (χ0) is 18.2. The molecule has 1 amide bonds. The van der Waals surface area contributed by atoms with Crippen LogP contribution in [-0.4, -0.2) is 20.1 Å². The molecule has 3 rings (SSSR count). The molecule has 0 radical (unpaired) electrons. The fourth-order valence-corrected chi connectivity index (χ4v) is 4.70. The second-order valence-electron chi connectivity index (χ2n) is 5.88. The van der Waals surface area contributed by atoms with Gasteiger partial charge in [0.25, 0.3) is 10.0 Å². The van der Waals surface area contributed by atoms with Crippen molar-refractivity contribution in [2.24, 2.45) is 5.92 Å². The average Bonchev–Trinajstić information content (AvgIpc) is 2.70. The Bertz CT molecular complexity index is 945.